The summed E-state index contributed by atoms with van der Waals surface area (Å²) in [5.41, 5.74) is 7.99. The van der Waals surface area contributed by atoms with Gasteiger partial charge < -0.3 is 10.5 Å². The molecule has 0 saturated carbocycles. The largest absolute Gasteiger partial charge is 0.456 e. The third kappa shape index (κ3) is 2.77. The maximum absolute atomic E-state index is 12.1. The molecule has 0 radical (unpaired) electrons. The number of aromatic nitrogens is 2. The van der Waals surface area contributed by atoms with Gasteiger partial charge in [0.05, 0.1) is 11.4 Å². The number of hydrogen-bond donors (Lipinski definition) is 1. The van der Waals surface area contributed by atoms with Crippen LogP contribution in [0.3, 0.4) is 0 Å². The summed E-state index contributed by atoms with van der Waals surface area (Å²) in [6, 6.07) is 7.21. The molecule has 1 aromatic carbocycles. The number of esters is 1. The molecule has 2 aromatic rings. The van der Waals surface area contributed by atoms with Gasteiger partial charge in [-0.25, -0.2) is 4.79 Å². The van der Waals surface area contributed by atoms with Crippen LogP contribution in [-0.2, 0) is 24.8 Å². The van der Waals surface area contributed by atoms with Gasteiger partial charge in [0.15, 0.2) is 5.69 Å². The van der Waals surface area contributed by atoms with E-state index in [1.165, 1.54) is 4.68 Å². The van der Waals surface area contributed by atoms with E-state index < -0.39 is 5.97 Å². The van der Waals surface area contributed by atoms with Crippen molar-refractivity contribution in [2.24, 2.45) is 7.05 Å². The average Bonchev–Trinajstić information content (AvgIpc) is 2.72. The molecule has 0 fully saturated rings. The Kier molecular flexibility index (Phi) is 4.29. The van der Waals surface area contributed by atoms with E-state index in [4.69, 9.17) is 22.1 Å². The summed E-state index contributed by atoms with van der Waals surface area (Å²) in [6.07, 6.45) is 0.664. The lowest BCUT2D eigenvalue weighted by Gasteiger charge is -2.07. The van der Waals surface area contributed by atoms with E-state index >= 15 is 0 Å². The Morgan fingerprint density at radius 3 is 2.75 bits per heavy atom. The van der Waals surface area contributed by atoms with Crippen molar-refractivity contribution in [3.63, 3.8) is 0 Å². The molecule has 0 amide bonds. The minimum atomic E-state index is -0.503. The van der Waals surface area contributed by atoms with Crippen LogP contribution >= 0.6 is 11.6 Å². The minimum Gasteiger partial charge on any atom is -0.456 e. The number of halogens is 1. The number of aryl methyl sites for hydroxylation is 2. The van der Waals surface area contributed by atoms with Gasteiger partial charge in [0.2, 0.25) is 0 Å². The molecule has 0 spiro atoms. The highest BCUT2D eigenvalue weighted by Gasteiger charge is 2.20. The average molecular weight is 294 g/mol. The van der Waals surface area contributed by atoms with Gasteiger partial charge in [0.25, 0.3) is 0 Å². The first-order valence-corrected chi connectivity index (χ1v) is 6.64. The number of nitrogens with two attached hydrogens (primary N) is 1. The third-order valence-electron chi connectivity index (χ3n) is 3.01. The molecule has 2 N–H and O–H groups in total. The van der Waals surface area contributed by atoms with Crippen molar-refractivity contribution in [3.05, 3.63) is 46.2 Å². The summed E-state index contributed by atoms with van der Waals surface area (Å²) in [4.78, 5) is 12.1. The highest BCUT2D eigenvalue weighted by molar-refractivity contribution is 6.31. The number of carbonyl (C=O) groups is 1. The molecule has 1 aromatic heterocycles. The highest BCUT2D eigenvalue weighted by Crippen LogP contribution is 2.20. The SMILES string of the molecule is CCc1nn(C)c(C(=O)OCc2ccccc2Cl)c1N. The quantitative estimate of drug-likeness (QED) is 0.880. The zero-order chi connectivity index (χ0) is 14.7. The zero-order valence-corrected chi connectivity index (χ0v) is 12.1. The monoisotopic (exact) mass is 293 g/mol. The van der Waals surface area contributed by atoms with Crippen LogP contribution in [0.25, 0.3) is 0 Å². The van der Waals surface area contributed by atoms with Gasteiger partial charge >= 0.3 is 5.97 Å². The van der Waals surface area contributed by atoms with E-state index in [9.17, 15) is 4.79 Å². The molecule has 0 aliphatic rings. The van der Waals surface area contributed by atoms with Crippen LogP contribution in [0, 0.1) is 0 Å². The number of nitrogen functional groups attached to an aromatic ring is 1. The molecule has 106 valence electrons. The number of ether oxygens (including phenoxy) is 1. The molecule has 0 bridgehead atoms. The fourth-order valence-electron chi connectivity index (χ4n) is 1.93. The fourth-order valence-corrected chi connectivity index (χ4v) is 2.12. The smallest absolute Gasteiger partial charge is 0.359 e. The standard InChI is InChI=1S/C14H16ClN3O2/c1-3-11-12(16)13(18(2)17-11)14(19)20-8-9-6-4-5-7-10(9)15/h4-7H,3,8,16H2,1-2H3. The lowest BCUT2D eigenvalue weighted by Crippen LogP contribution is -2.12. The predicted molar refractivity (Wildman–Crippen MR) is 77.6 cm³/mol. The molecule has 1 heterocycles. The lowest BCUT2D eigenvalue weighted by atomic mass is 10.2. The summed E-state index contributed by atoms with van der Waals surface area (Å²) in [5.74, 6) is -0.503. The molecule has 0 saturated heterocycles. The molecule has 0 unspecified atom stereocenters. The van der Waals surface area contributed by atoms with E-state index in [0.29, 0.717) is 22.8 Å². The number of hydrogen-bond acceptors (Lipinski definition) is 4. The van der Waals surface area contributed by atoms with E-state index in [0.717, 1.165) is 5.56 Å². The topological polar surface area (TPSA) is 70.1 Å². The second-order valence-corrected chi connectivity index (χ2v) is 4.76. The van der Waals surface area contributed by atoms with Gasteiger partial charge in [-0.3, -0.25) is 4.68 Å². The molecular weight excluding hydrogens is 278 g/mol. The molecule has 0 aliphatic heterocycles. The maximum atomic E-state index is 12.1. The molecule has 2 rings (SSSR count). The summed E-state index contributed by atoms with van der Waals surface area (Å²) in [7, 11) is 1.67. The van der Waals surface area contributed by atoms with Crippen molar-refractivity contribution in [1.29, 1.82) is 0 Å². The van der Waals surface area contributed by atoms with E-state index in [1.54, 1.807) is 19.2 Å². The Morgan fingerprint density at radius 1 is 1.45 bits per heavy atom. The van der Waals surface area contributed by atoms with Crippen molar-refractivity contribution >= 4 is 23.3 Å². The van der Waals surface area contributed by atoms with Crippen molar-refractivity contribution in [3.8, 4) is 0 Å². The van der Waals surface area contributed by atoms with Crippen LogP contribution in [0.2, 0.25) is 5.02 Å². The zero-order valence-electron chi connectivity index (χ0n) is 11.4. The highest BCUT2D eigenvalue weighted by atomic mass is 35.5. The summed E-state index contributed by atoms with van der Waals surface area (Å²) in [6.45, 7) is 2.03. The Balaban J connectivity index is 2.13. The molecule has 6 heteroatoms. The van der Waals surface area contributed by atoms with Crippen molar-refractivity contribution in [2.45, 2.75) is 20.0 Å². The third-order valence-corrected chi connectivity index (χ3v) is 3.37. The molecule has 0 aliphatic carbocycles. The second-order valence-electron chi connectivity index (χ2n) is 4.35. The molecular formula is C14H16ClN3O2. The van der Waals surface area contributed by atoms with Gasteiger partial charge in [-0.15, -0.1) is 0 Å². The van der Waals surface area contributed by atoms with Gasteiger partial charge in [-0.1, -0.05) is 36.7 Å². The number of benzene rings is 1. The summed E-state index contributed by atoms with van der Waals surface area (Å²) >= 11 is 6.01. The number of carbonyl (C=O) groups excluding carboxylic acids is 1. The van der Waals surface area contributed by atoms with E-state index in [1.807, 2.05) is 19.1 Å². The predicted octanol–water partition coefficient (Wildman–Crippen LogP) is 2.58. The number of rotatable bonds is 4. The first kappa shape index (κ1) is 14.4. The van der Waals surface area contributed by atoms with Gasteiger partial charge in [-0.05, 0) is 12.5 Å². The molecule has 0 atom stereocenters. The summed E-state index contributed by atoms with van der Waals surface area (Å²) in [5, 5.41) is 4.75. The Labute approximate surface area is 122 Å². The fraction of sp³-hybridized carbons (Fsp3) is 0.286. The lowest BCUT2D eigenvalue weighted by molar-refractivity contribution is 0.0461. The van der Waals surface area contributed by atoms with Gasteiger partial charge in [0.1, 0.15) is 6.61 Å². The first-order chi connectivity index (χ1) is 9.54. The van der Waals surface area contributed by atoms with E-state index in [2.05, 4.69) is 5.10 Å². The van der Waals surface area contributed by atoms with Crippen molar-refractivity contribution in [1.82, 2.24) is 9.78 Å². The molecule has 20 heavy (non-hydrogen) atoms. The van der Waals surface area contributed by atoms with Crippen molar-refractivity contribution < 1.29 is 9.53 Å². The van der Waals surface area contributed by atoms with Crippen LogP contribution in [0.15, 0.2) is 24.3 Å². The van der Waals surface area contributed by atoms with E-state index in [-0.39, 0.29) is 12.3 Å². The maximum Gasteiger partial charge on any atom is 0.359 e. The Hall–Kier alpha value is -2.01. The Bertz CT molecular complexity index is 637. The second kappa shape index (κ2) is 5.96. The number of anilines is 1. The van der Waals surface area contributed by atoms with Crippen molar-refractivity contribution in [2.75, 3.05) is 5.73 Å². The van der Waals surface area contributed by atoms with Crippen LogP contribution in [0.5, 0.6) is 0 Å². The number of nitrogens with zero attached hydrogens (tertiary/aromatic N) is 2. The van der Waals surface area contributed by atoms with Crippen LogP contribution in [0.1, 0.15) is 28.7 Å². The minimum absolute atomic E-state index is 0.102. The normalized spacial score (nSPS) is 10.6. The first-order valence-electron chi connectivity index (χ1n) is 6.26. The van der Waals surface area contributed by atoms with Crippen LogP contribution in [-0.4, -0.2) is 15.7 Å². The molecule has 5 nitrogen and oxygen atoms in total. The van der Waals surface area contributed by atoms with Gasteiger partial charge in [-0.2, -0.15) is 5.10 Å². The Morgan fingerprint density at radius 2 is 2.15 bits per heavy atom. The summed E-state index contributed by atoms with van der Waals surface area (Å²) < 4.78 is 6.70. The van der Waals surface area contributed by atoms with Crippen LogP contribution in [0.4, 0.5) is 5.69 Å². The van der Waals surface area contributed by atoms with Gasteiger partial charge in [0, 0.05) is 17.6 Å². The van der Waals surface area contributed by atoms with Crippen LogP contribution < -0.4 is 5.73 Å².